The average molecular weight is 578 g/mol. The van der Waals surface area contributed by atoms with E-state index in [-0.39, 0.29) is 16.6 Å². The number of nitrogens with one attached hydrogen (secondary N) is 1. The quantitative estimate of drug-likeness (QED) is 0.322. The van der Waals surface area contributed by atoms with Gasteiger partial charge < -0.3 is 19.6 Å². The first-order chi connectivity index (χ1) is 19.7. The third-order valence-corrected chi connectivity index (χ3v) is 7.45. The number of aromatic carboxylic acids is 1. The van der Waals surface area contributed by atoms with E-state index in [1.807, 2.05) is 4.90 Å². The third-order valence-electron chi connectivity index (χ3n) is 7.21. The molecule has 1 aliphatic heterocycles. The van der Waals surface area contributed by atoms with Gasteiger partial charge in [-0.15, -0.1) is 0 Å². The number of rotatable bonds is 5. The molecule has 0 bridgehead atoms. The van der Waals surface area contributed by atoms with E-state index in [1.165, 1.54) is 41.1 Å². The fourth-order valence-electron chi connectivity index (χ4n) is 5.14. The summed E-state index contributed by atoms with van der Waals surface area (Å²) in [5, 5.41) is 10.4. The summed E-state index contributed by atoms with van der Waals surface area (Å²) in [7, 11) is 0. The molecular weight excluding hydrogens is 556 g/mol. The number of aromatic nitrogens is 3. The van der Waals surface area contributed by atoms with Crippen molar-refractivity contribution in [2.75, 3.05) is 31.1 Å². The summed E-state index contributed by atoms with van der Waals surface area (Å²) in [5.41, 5.74) is -0.114. The van der Waals surface area contributed by atoms with E-state index < -0.39 is 28.6 Å². The van der Waals surface area contributed by atoms with Gasteiger partial charge in [-0.05, 0) is 54.6 Å². The van der Waals surface area contributed by atoms with Gasteiger partial charge in [0.25, 0.3) is 5.56 Å². The first-order valence-electron chi connectivity index (χ1n) is 12.7. The highest BCUT2D eigenvalue weighted by Crippen LogP contribution is 2.28. The van der Waals surface area contributed by atoms with Gasteiger partial charge in [0.1, 0.15) is 23.0 Å². The van der Waals surface area contributed by atoms with E-state index in [0.29, 0.717) is 65.7 Å². The van der Waals surface area contributed by atoms with E-state index in [9.17, 15) is 23.9 Å². The SMILES string of the molecule is O=C(O)c1cn(-c2ccc(F)cc2)c2cc(N3CCN(Cc4nc5cc(Cl)ccc5c(=O)[nH]4)CC3)c(F)cc2c1=O. The van der Waals surface area contributed by atoms with Crippen LogP contribution in [0.3, 0.4) is 0 Å². The Hall–Kier alpha value is -4.61. The molecule has 208 valence electrons. The van der Waals surface area contributed by atoms with Crippen LogP contribution < -0.4 is 15.9 Å². The summed E-state index contributed by atoms with van der Waals surface area (Å²) < 4.78 is 30.4. The van der Waals surface area contributed by atoms with Gasteiger partial charge in [0.05, 0.1) is 28.7 Å². The van der Waals surface area contributed by atoms with E-state index in [4.69, 9.17) is 11.6 Å². The molecule has 0 atom stereocenters. The molecule has 12 heteroatoms. The molecule has 0 aliphatic carbocycles. The van der Waals surface area contributed by atoms with Crippen LogP contribution in [-0.2, 0) is 6.54 Å². The highest BCUT2D eigenvalue weighted by atomic mass is 35.5. The van der Waals surface area contributed by atoms with Crippen LogP contribution >= 0.6 is 11.6 Å². The first-order valence-corrected chi connectivity index (χ1v) is 13.1. The number of carbonyl (C=O) groups is 1. The fourth-order valence-corrected chi connectivity index (χ4v) is 5.31. The lowest BCUT2D eigenvalue weighted by Gasteiger charge is -2.36. The van der Waals surface area contributed by atoms with Gasteiger partial charge >= 0.3 is 5.97 Å². The van der Waals surface area contributed by atoms with Gasteiger partial charge in [-0.1, -0.05) is 11.6 Å². The van der Waals surface area contributed by atoms with Crippen LogP contribution in [0.25, 0.3) is 27.5 Å². The molecule has 2 N–H and O–H groups in total. The Morgan fingerprint density at radius 1 is 0.976 bits per heavy atom. The van der Waals surface area contributed by atoms with Crippen molar-refractivity contribution in [2.24, 2.45) is 0 Å². The van der Waals surface area contributed by atoms with Gasteiger partial charge in [0.15, 0.2) is 0 Å². The smallest absolute Gasteiger partial charge is 0.341 e. The molecule has 0 spiro atoms. The molecule has 0 amide bonds. The maximum absolute atomic E-state index is 15.4. The molecule has 0 unspecified atom stereocenters. The van der Waals surface area contributed by atoms with Crippen LogP contribution in [0.15, 0.2) is 70.4 Å². The number of carboxylic acid groups (broad SMARTS) is 1. The second-order valence-electron chi connectivity index (χ2n) is 9.78. The Kier molecular flexibility index (Phi) is 6.76. The number of pyridine rings is 1. The summed E-state index contributed by atoms with van der Waals surface area (Å²) in [4.78, 5) is 48.4. The molecule has 3 aromatic carbocycles. The van der Waals surface area contributed by atoms with Crippen LogP contribution in [0, 0.1) is 11.6 Å². The molecule has 1 fully saturated rings. The number of hydrogen-bond donors (Lipinski definition) is 2. The lowest BCUT2D eigenvalue weighted by Crippen LogP contribution is -2.46. The number of aromatic amines is 1. The highest BCUT2D eigenvalue weighted by Gasteiger charge is 2.23. The van der Waals surface area contributed by atoms with Gasteiger partial charge in [-0.2, -0.15) is 0 Å². The van der Waals surface area contributed by atoms with Crippen molar-refractivity contribution in [3.8, 4) is 5.69 Å². The number of anilines is 1. The Labute approximate surface area is 235 Å². The van der Waals surface area contributed by atoms with Crippen molar-refractivity contribution < 1.29 is 18.7 Å². The van der Waals surface area contributed by atoms with Crippen molar-refractivity contribution in [1.82, 2.24) is 19.4 Å². The summed E-state index contributed by atoms with van der Waals surface area (Å²) in [6.45, 7) is 2.35. The fraction of sp³-hybridized carbons (Fsp3) is 0.172. The summed E-state index contributed by atoms with van der Waals surface area (Å²) in [6, 6.07) is 12.8. The van der Waals surface area contributed by atoms with Crippen LogP contribution in [0.4, 0.5) is 14.5 Å². The van der Waals surface area contributed by atoms with Crippen molar-refractivity contribution in [3.63, 3.8) is 0 Å². The second kappa shape index (κ2) is 10.4. The highest BCUT2D eigenvalue weighted by molar-refractivity contribution is 6.31. The Morgan fingerprint density at radius 3 is 2.41 bits per heavy atom. The summed E-state index contributed by atoms with van der Waals surface area (Å²) >= 11 is 6.06. The van der Waals surface area contributed by atoms with Gasteiger partial charge in [-0.3, -0.25) is 14.5 Å². The van der Waals surface area contributed by atoms with Crippen LogP contribution in [0.1, 0.15) is 16.2 Å². The van der Waals surface area contributed by atoms with Crippen molar-refractivity contribution in [2.45, 2.75) is 6.54 Å². The van der Waals surface area contributed by atoms with Gasteiger partial charge in [-0.25, -0.2) is 18.6 Å². The lowest BCUT2D eigenvalue weighted by atomic mass is 10.1. The maximum atomic E-state index is 15.4. The number of hydrogen-bond acceptors (Lipinski definition) is 6. The van der Waals surface area contributed by atoms with Crippen LogP contribution in [0.5, 0.6) is 0 Å². The number of nitrogens with zero attached hydrogens (tertiary/aromatic N) is 4. The second-order valence-corrected chi connectivity index (χ2v) is 10.2. The zero-order chi connectivity index (χ0) is 28.8. The minimum absolute atomic E-state index is 0.0967. The first kappa shape index (κ1) is 26.6. The van der Waals surface area contributed by atoms with Crippen LogP contribution in [0.2, 0.25) is 5.02 Å². The summed E-state index contributed by atoms with van der Waals surface area (Å²) in [6.07, 6.45) is 1.17. The van der Waals surface area contributed by atoms with E-state index in [0.717, 1.165) is 6.07 Å². The minimum atomic E-state index is -1.45. The lowest BCUT2D eigenvalue weighted by molar-refractivity contribution is 0.0695. The summed E-state index contributed by atoms with van der Waals surface area (Å²) in [5.74, 6) is -2.09. The molecular formula is C29H22ClF2N5O4. The number of H-pyrrole nitrogens is 1. The minimum Gasteiger partial charge on any atom is -0.477 e. The zero-order valence-electron chi connectivity index (χ0n) is 21.4. The Morgan fingerprint density at radius 2 is 1.71 bits per heavy atom. The predicted molar refractivity (Wildman–Crippen MR) is 151 cm³/mol. The van der Waals surface area contributed by atoms with Crippen LogP contribution in [-0.4, -0.2) is 56.7 Å². The monoisotopic (exact) mass is 577 g/mol. The van der Waals surface area contributed by atoms with Crippen molar-refractivity contribution in [1.29, 1.82) is 0 Å². The molecule has 5 aromatic rings. The number of halogens is 3. The standard InChI is InChI=1S/C29H22ClF2N5O4/c30-16-1-6-19-23(11-16)33-26(34-28(19)39)15-35-7-9-36(10-8-35)25-13-24-20(12-22(25)32)27(38)21(29(40)41)14-37(24)18-4-2-17(31)3-5-18/h1-6,11-14H,7-10,15H2,(H,40,41)(H,33,34,39). The zero-order valence-corrected chi connectivity index (χ0v) is 22.2. The van der Waals surface area contributed by atoms with Gasteiger partial charge in [0, 0.05) is 48.5 Å². The van der Waals surface area contributed by atoms with E-state index in [2.05, 4.69) is 14.9 Å². The molecule has 0 radical (unpaired) electrons. The third kappa shape index (κ3) is 5.05. The van der Waals surface area contributed by atoms with E-state index >= 15 is 4.39 Å². The largest absolute Gasteiger partial charge is 0.477 e. The number of carboxylic acids is 1. The van der Waals surface area contributed by atoms with Crippen molar-refractivity contribution >= 4 is 45.1 Å². The maximum Gasteiger partial charge on any atom is 0.341 e. The van der Waals surface area contributed by atoms with Gasteiger partial charge in [0.2, 0.25) is 5.43 Å². The number of benzene rings is 3. The molecule has 9 nitrogen and oxygen atoms in total. The average Bonchev–Trinajstić information content (AvgIpc) is 2.94. The van der Waals surface area contributed by atoms with E-state index in [1.54, 1.807) is 18.2 Å². The Balaban J connectivity index is 1.30. The number of piperazine rings is 1. The molecule has 1 saturated heterocycles. The normalized spacial score (nSPS) is 14.2. The molecule has 41 heavy (non-hydrogen) atoms. The Bertz CT molecular complexity index is 1950. The topological polar surface area (TPSA) is 112 Å². The van der Waals surface area contributed by atoms with Crippen molar-refractivity contribution in [3.05, 3.63) is 109 Å². The molecule has 0 saturated carbocycles. The number of fused-ring (bicyclic) bond motifs is 2. The predicted octanol–water partition coefficient (Wildman–Crippen LogP) is 4.18. The molecule has 6 rings (SSSR count). The molecule has 3 heterocycles. The molecule has 2 aromatic heterocycles. The molecule has 1 aliphatic rings.